The summed E-state index contributed by atoms with van der Waals surface area (Å²) in [6.45, 7) is 1.90. The quantitative estimate of drug-likeness (QED) is 0.928. The third-order valence-electron chi connectivity index (χ3n) is 4.03. The predicted molar refractivity (Wildman–Crippen MR) is 76.9 cm³/mol. The van der Waals surface area contributed by atoms with Gasteiger partial charge in [0.1, 0.15) is 6.10 Å². The van der Waals surface area contributed by atoms with E-state index in [0.717, 1.165) is 19.4 Å². The predicted octanol–water partition coefficient (Wildman–Crippen LogP) is 2.01. The number of carbonyl (C=O) groups excluding carboxylic acids is 1. The van der Waals surface area contributed by atoms with Crippen LogP contribution in [0.2, 0.25) is 0 Å². The first-order valence-corrected chi connectivity index (χ1v) is 7.88. The van der Waals surface area contributed by atoms with Gasteiger partial charge >= 0.3 is 6.03 Å². The standard InChI is InChI=1S/C14H20N2O3S/c1-18-12-9-19-8-10(12)15-14(17)16-6-2-4-11(16)13-5-3-7-20-13/h3,5,7,10-12H,2,4,6,8-9H2,1H3,(H,15,17)/t10-,11?,12+/m0/s1. The third-order valence-corrected chi connectivity index (χ3v) is 5.00. The number of methoxy groups -OCH3 is 1. The Kier molecular flexibility index (Phi) is 4.24. The van der Waals surface area contributed by atoms with Gasteiger partial charge < -0.3 is 19.7 Å². The highest BCUT2D eigenvalue weighted by atomic mass is 32.1. The van der Waals surface area contributed by atoms with Gasteiger partial charge in [-0.1, -0.05) is 6.07 Å². The smallest absolute Gasteiger partial charge is 0.318 e. The molecule has 1 aromatic rings. The zero-order valence-electron chi connectivity index (χ0n) is 11.6. The molecule has 1 aromatic heterocycles. The van der Waals surface area contributed by atoms with Crippen molar-refractivity contribution in [3.05, 3.63) is 22.4 Å². The number of hydrogen-bond donors (Lipinski definition) is 1. The number of carbonyl (C=O) groups is 1. The fourth-order valence-corrected chi connectivity index (χ4v) is 3.80. The third kappa shape index (κ3) is 2.68. The van der Waals surface area contributed by atoms with Gasteiger partial charge in [-0.25, -0.2) is 4.79 Å². The molecule has 1 N–H and O–H groups in total. The Bertz CT molecular complexity index is 451. The molecule has 6 heteroatoms. The largest absolute Gasteiger partial charge is 0.377 e. The maximum absolute atomic E-state index is 12.5. The fourth-order valence-electron chi connectivity index (χ4n) is 2.93. The molecule has 0 saturated carbocycles. The van der Waals surface area contributed by atoms with Gasteiger partial charge in [-0.05, 0) is 24.3 Å². The monoisotopic (exact) mass is 296 g/mol. The summed E-state index contributed by atoms with van der Waals surface area (Å²) < 4.78 is 10.7. The molecule has 3 heterocycles. The van der Waals surface area contributed by atoms with Gasteiger partial charge in [0.2, 0.25) is 0 Å². The van der Waals surface area contributed by atoms with Gasteiger partial charge in [-0.2, -0.15) is 0 Å². The summed E-state index contributed by atoms with van der Waals surface area (Å²) in [6, 6.07) is 4.33. The number of nitrogens with one attached hydrogen (secondary N) is 1. The maximum atomic E-state index is 12.5. The van der Waals surface area contributed by atoms with E-state index in [0.29, 0.717) is 13.2 Å². The van der Waals surface area contributed by atoms with Crippen LogP contribution in [0.4, 0.5) is 4.79 Å². The summed E-state index contributed by atoms with van der Waals surface area (Å²) in [5.41, 5.74) is 0. The second kappa shape index (κ2) is 6.11. The van der Waals surface area contributed by atoms with Crippen molar-refractivity contribution in [2.45, 2.75) is 31.0 Å². The Hall–Kier alpha value is -1.11. The van der Waals surface area contributed by atoms with Crippen LogP contribution in [0.3, 0.4) is 0 Å². The summed E-state index contributed by atoms with van der Waals surface area (Å²) in [4.78, 5) is 15.7. The molecular weight excluding hydrogens is 276 g/mol. The van der Waals surface area contributed by atoms with Crippen molar-refractivity contribution in [2.75, 3.05) is 26.9 Å². The van der Waals surface area contributed by atoms with Gasteiger partial charge in [0, 0.05) is 18.5 Å². The lowest BCUT2D eigenvalue weighted by atomic mass is 10.2. The van der Waals surface area contributed by atoms with E-state index >= 15 is 0 Å². The first kappa shape index (κ1) is 13.9. The lowest BCUT2D eigenvalue weighted by Gasteiger charge is -2.27. The molecule has 110 valence electrons. The highest BCUT2D eigenvalue weighted by Gasteiger charge is 2.35. The van der Waals surface area contributed by atoms with E-state index in [1.54, 1.807) is 18.4 Å². The number of nitrogens with zero attached hydrogens (tertiary/aromatic N) is 1. The summed E-state index contributed by atoms with van der Waals surface area (Å²) in [6.07, 6.45) is 2.06. The van der Waals surface area contributed by atoms with Gasteiger partial charge in [0.05, 0.1) is 25.3 Å². The number of ether oxygens (including phenoxy) is 2. The van der Waals surface area contributed by atoms with Crippen molar-refractivity contribution >= 4 is 17.4 Å². The van der Waals surface area contributed by atoms with E-state index in [9.17, 15) is 4.79 Å². The van der Waals surface area contributed by atoms with Crippen LogP contribution in [0, 0.1) is 0 Å². The summed E-state index contributed by atoms with van der Waals surface area (Å²) in [5.74, 6) is 0. The molecule has 3 rings (SSSR count). The molecule has 2 amide bonds. The Labute approximate surface area is 122 Å². The molecule has 2 fully saturated rings. The van der Waals surface area contributed by atoms with Gasteiger partial charge in [-0.15, -0.1) is 11.3 Å². The Morgan fingerprint density at radius 3 is 3.20 bits per heavy atom. The molecule has 2 aliphatic heterocycles. The molecule has 0 aliphatic carbocycles. The number of likely N-dealkylation sites (tertiary alicyclic amines) is 1. The van der Waals surface area contributed by atoms with Crippen LogP contribution >= 0.6 is 11.3 Å². The molecule has 0 spiro atoms. The van der Waals surface area contributed by atoms with E-state index in [1.807, 2.05) is 11.0 Å². The zero-order chi connectivity index (χ0) is 13.9. The van der Waals surface area contributed by atoms with Gasteiger partial charge in [-0.3, -0.25) is 0 Å². The highest BCUT2D eigenvalue weighted by molar-refractivity contribution is 7.10. The van der Waals surface area contributed by atoms with Crippen molar-refractivity contribution in [1.29, 1.82) is 0 Å². The van der Waals surface area contributed by atoms with Crippen LogP contribution in [0.1, 0.15) is 23.8 Å². The molecular formula is C14H20N2O3S. The summed E-state index contributed by atoms with van der Waals surface area (Å²) in [7, 11) is 1.66. The van der Waals surface area contributed by atoms with Crippen molar-refractivity contribution in [3.8, 4) is 0 Å². The number of thiophene rings is 1. The Morgan fingerprint density at radius 1 is 1.55 bits per heavy atom. The van der Waals surface area contributed by atoms with Crippen molar-refractivity contribution < 1.29 is 14.3 Å². The fraction of sp³-hybridized carbons (Fsp3) is 0.643. The Morgan fingerprint density at radius 2 is 2.45 bits per heavy atom. The van der Waals surface area contributed by atoms with Crippen molar-refractivity contribution in [1.82, 2.24) is 10.2 Å². The topological polar surface area (TPSA) is 50.8 Å². The summed E-state index contributed by atoms with van der Waals surface area (Å²) >= 11 is 1.72. The maximum Gasteiger partial charge on any atom is 0.318 e. The minimum absolute atomic E-state index is 0.00144. The number of amides is 2. The SMILES string of the molecule is CO[C@@H]1COC[C@@H]1NC(=O)N1CCCC1c1cccs1. The second-order valence-electron chi connectivity index (χ2n) is 5.23. The average molecular weight is 296 g/mol. The van der Waals surface area contributed by atoms with Crippen molar-refractivity contribution in [3.63, 3.8) is 0 Å². The van der Waals surface area contributed by atoms with Gasteiger partial charge in [0.15, 0.2) is 0 Å². The number of hydrogen-bond acceptors (Lipinski definition) is 4. The Balaban J connectivity index is 1.64. The van der Waals surface area contributed by atoms with Gasteiger partial charge in [0.25, 0.3) is 0 Å². The summed E-state index contributed by atoms with van der Waals surface area (Å²) in [5, 5.41) is 5.12. The molecule has 0 bridgehead atoms. The minimum atomic E-state index is -0.0444. The molecule has 2 aliphatic rings. The van der Waals surface area contributed by atoms with Crippen LogP contribution in [0.15, 0.2) is 17.5 Å². The molecule has 3 atom stereocenters. The van der Waals surface area contributed by atoms with Crippen LogP contribution in [0.25, 0.3) is 0 Å². The number of rotatable bonds is 3. The highest BCUT2D eigenvalue weighted by Crippen LogP contribution is 2.34. The zero-order valence-corrected chi connectivity index (χ0v) is 12.4. The lowest BCUT2D eigenvalue weighted by Crippen LogP contribution is -2.49. The van der Waals surface area contributed by atoms with E-state index in [1.165, 1.54) is 4.88 Å². The lowest BCUT2D eigenvalue weighted by molar-refractivity contribution is 0.0733. The molecule has 1 unspecified atom stereocenters. The van der Waals surface area contributed by atoms with Crippen LogP contribution in [-0.2, 0) is 9.47 Å². The van der Waals surface area contributed by atoms with Crippen LogP contribution < -0.4 is 5.32 Å². The van der Waals surface area contributed by atoms with Crippen molar-refractivity contribution in [2.24, 2.45) is 0 Å². The molecule has 2 saturated heterocycles. The van der Waals surface area contributed by atoms with E-state index in [2.05, 4.69) is 16.8 Å². The minimum Gasteiger partial charge on any atom is -0.377 e. The molecule has 0 aromatic carbocycles. The normalized spacial score (nSPS) is 29.9. The van der Waals surface area contributed by atoms with E-state index in [4.69, 9.17) is 9.47 Å². The first-order chi connectivity index (χ1) is 9.79. The number of urea groups is 1. The average Bonchev–Trinajstić information content (AvgIpc) is 3.19. The van der Waals surface area contributed by atoms with Crippen LogP contribution in [-0.4, -0.2) is 49.9 Å². The molecule has 0 radical (unpaired) electrons. The second-order valence-corrected chi connectivity index (χ2v) is 6.21. The first-order valence-electron chi connectivity index (χ1n) is 7.00. The molecule has 20 heavy (non-hydrogen) atoms. The van der Waals surface area contributed by atoms with E-state index < -0.39 is 0 Å². The van der Waals surface area contributed by atoms with E-state index in [-0.39, 0.29) is 24.2 Å². The molecule has 5 nitrogen and oxygen atoms in total. The van der Waals surface area contributed by atoms with Crippen LogP contribution in [0.5, 0.6) is 0 Å².